The third-order valence-corrected chi connectivity index (χ3v) is 2.38. The molecule has 0 aliphatic heterocycles. The molecule has 5 heteroatoms. The molecule has 0 heterocycles. The van der Waals surface area contributed by atoms with Crippen molar-refractivity contribution in [3.63, 3.8) is 0 Å². The molecule has 0 aromatic heterocycles. The van der Waals surface area contributed by atoms with Gasteiger partial charge in [0.15, 0.2) is 0 Å². The molecule has 0 saturated carbocycles. The minimum Gasteiger partial charge on any atom is -0.399 e. The maximum absolute atomic E-state index is 11.8. The minimum absolute atomic E-state index is 0.189. The number of carbonyl (C=O) groups excluding carboxylic acids is 1. The third kappa shape index (κ3) is 3.96. The molecule has 17 heavy (non-hydrogen) atoms. The van der Waals surface area contributed by atoms with Crippen molar-refractivity contribution in [3.05, 3.63) is 23.8 Å². The highest BCUT2D eigenvalue weighted by Gasteiger charge is 2.10. The molecule has 1 amide bonds. The fraction of sp³-hybridized carbons (Fsp3) is 0.417. The number of hydrogen-bond donors (Lipinski definition) is 3. The lowest BCUT2D eigenvalue weighted by Crippen LogP contribution is -2.30. The van der Waals surface area contributed by atoms with Crippen molar-refractivity contribution in [3.8, 4) is 0 Å². The Morgan fingerprint density at radius 2 is 2.18 bits per heavy atom. The summed E-state index contributed by atoms with van der Waals surface area (Å²) >= 11 is 0. The fourth-order valence-electron chi connectivity index (χ4n) is 1.49. The van der Waals surface area contributed by atoms with Crippen molar-refractivity contribution >= 4 is 17.3 Å². The number of nitrogen functional groups attached to an aromatic ring is 2. The van der Waals surface area contributed by atoms with Crippen LogP contribution in [-0.2, 0) is 4.74 Å². The summed E-state index contributed by atoms with van der Waals surface area (Å²) in [6, 6.07) is 4.86. The summed E-state index contributed by atoms with van der Waals surface area (Å²) in [5, 5.41) is 2.80. The Bertz CT molecular complexity index is 393. The van der Waals surface area contributed by atoms with Crippen molar-refractivity contribution in [2.24, 2.45) is 5.92 Å². The predicted octanol–water partition coefficient (Wildman–Crippen LogP) is 0.863. The Morgan fingerprint density at radius 1 is 1.47 bits per heavy atom. The summed E-state index contributed by atoms with van der Waals surface area (Å²) in [4.78, 5) is 11.8. The highest BCUT2D eigenvalue weighted by molar-refractivity contribution is 5.99. The van der Waals surface area contributed by atoms with Gasteiger partial charge in [-0.05, 0) is 24.1 Å². The van der Waals surface area contributed by atoms with Gasteiger partial charge < -0.3 is 21.5 Å². The smallest absolute Gasteiger partial charge is 0.253 e. The fourth-order valence-corrected chi connectivity index (χ4v) is 1.49. The van der Waals surface area contributed by atoms with Crippen LogP contribution >= 0.6 is 0 Å². The molecule has 0 radical (unpaired) electrons. The standard InChI is InChI=1S/C12H19N3O2/c1-8(7-17-2)6-15-12(16)10-4-3-9(13)5-11(10)14/h3-5,8H,6-7,13-14H2,1-2H3,(H,15,16). The summed E-state index contributed by atoms with van der Waals surface area (Å²) in [5.41, 5.74) is 12.7. The molecular weight excluding hydrogens is 218 g/mol. The second-order valence-electron chi connectivity index (χ2n) is 4.12. The molecule has 0 bridgehead atoms. The van der Waals surface area contributed by atoms with Crippen LogP contribution in [0, 0.1) is 5.92 Å². The van der Waals surface area contributed by atoms with Crippen LogP contribution in [-0.4, -0.2) is 26.2 Å². The number of methoxy groups -OCH3 is 1. The zero-order valence-electron chi connectivity index (χ0n) is 10.2. The number of nitrogens with one attached hydrogen (secondary N) is 1. The number of ether oxygens (including phenoxy) is 1. The lowest BCUT2D eigenvalue weighted by Gasteiger charge is -2.12. The van der Waals surface area contributed by atoms with Gasteiger partial charge in [0, 0.05) is 25.0 Å². The van der Waals surface area contributed by atoms with Gasteiger partial charge in [0.05, 0.1) is 12.2 Å². The molecule has 1 aromatic carbocycles. The normalized spacial score (nSPS) is 12.1. The number of carbonyl (C=O) groups is 1. The van der Waals surface area contributed by atoms with Gasteiger partial charge >= 0.3 is 0 Å². The molecule has 0 spiro atoms. The maximum Gasteiger partial charge on any atom is 0.253 e. The number of benzene rings is 1. The lowest BCUT2D eigenvalue weighted by atomic mass is 10.1. The van der Waals surface area contributed by atoms with Gasteiger partial charge in [-0.2, -0.15) is 0 Å². The van der Waals surface area contributed by atoms with Crippen LogP contribution in [0.5, 0.6) is 0 Å². The first-order valence-electron chi connectivity index (χ1n) is 5.46. The van der Waals surface area contributed by atoms with E-state index in [1.807, 2.05) is 6.92 Å². The van der Waals surface area contributed by atoms with Gasteiger partial charge in [-0.15, -0.1) is 0 Å². The van der Waals surface area contributed by atoms with Crippen LogP contribution in [0.3, 0.4) is 0 Å². The lowest BCUT2D eigenvalue weighted by molar-refractivity contribution is 0.0935. The molecule has 0 fully saturated rings. The van der Waals surface area contributed by atoms with E-state index in [1.54, 1.807) is 25.3 Å². The molecule has 1 unspecified atom stereocenters. The zero-order valence-corrected chi connectivity index (χ0v) is 10.2. The summed E-state index contributed by atoms with van der Waals surface area (Å²) < 4.78 is 4.99. The Hall–Kier alpha value is -1.75. The van der Waals surface area contributed by atoms with E-state index in [2.05, 4.69) is 5.32 Å². The molecule has 0 aliphatic rings. The van der Waals surface area contributed by atoms with Crippen molar-refractivity contribution in [1.82, 2.24) is 5.32 Å². The van der Waals surface area contributed by atoms with E-state index in [9.17, 15) is 4.79 Å². The second kappa shape index (κ2) is 6.10. The Morgan fingerprint density at radius 3 is 2.76 bits per heavy atom. The monoisotopic (exact) mass is 237 g/mol. The van der Waals surface area contributed by atoms with Crippen LogP contribution in [0.4, 0.5) is 11.4 Å². The summed E-state index contributed by atoms with van der Waals surface area (Å²) in [7, 11) is 1.64. The first-order chi connectivity index (χ1) is 8.04. The topological polar surface area (TPSA) is 90.4 Å². The molecular formula is C12H19N3O2. The number of nitrogens with two attached hydrogens (primary N) is 2. The van der Waals surface area contributed by atoms with E-state index in [4.69, 9.17) is 16.2 Å². The third-order valence-electron chi connectivity index (χ3n) is 2.38. The summed E-state index contributed by atoms with van der Waals surface area (Å²) in [5.74, 6) is 0.0735. The largest absolute Gasteiger partial charge is 0.399 e. The van der Waals surface area contributed by atoms with Crippen LogP contribution in [0.2, 0.25) is 0 Å². The van der Waals surface area contributed by atoms with E-state index in [1.165, 1.54) is 0 Å². The van der Waals surface area contributed by atoms with Crippen LogP contribution in [0.1, 0.15) is 17.3 Å². The predicted molar refractivity (Wildman–Crippen MR) is 68.6 cm³/mol. The van der Waals surface area contributed by atoms with E-state index in [0.29, 0.717) is 30.1 Å². The molecule has 0 aliphatic carbocycles. The molecule has 1 aromatic rings. The van der Waals surface area contributed by atoms with Crippen LogP contribution in [0.15, 0.2) is 18.2 Å². The van der Waals surface area contributed by atoms with Gasteiger partial charge in [0.2, 0.25) is 0 Å². The van der Waals surface area contributed by atoms with Crippen molar-refractivity contribution in [2.75, 3.05) is 31.7 Å². The van der Waals surface area contributed by atoms with Crippen molar-refractivity contribution in [1.29, 1.82) is 0 Å². The van der Waals surface area contributed by atoms with Gasteiger partial charge in [0.1, 0.15) is 0 Å². The van der Waals surface area contributed by atoms with E-state index < -0.39 is 0 Å². The Labute approximate surface area is 101 Å². The highest BCUT2D eigenvalue weighted by Crippen LogP contribution is 2.15. The molecule has 0 saturated heterocycles. The highest BCUT2D eigenvalue weighted by atomic mass is 16.5. The van der Waals surface area contributed by atoms with Crippen LogP contribution < -0.4 is 16.8 Å². The summed E-state index contributed by atoms with van der Waals surface area (Å²) in [6.45, 7) is 3.16. The quantitative estimate of drug-likeness (QED) is 0.662. The van der Waals surface area contributed by atoms with Gasteiger partial charge in [0.25, 0.3) is 5.91 Å². The number of anilines is 2. The Kier molecular flexibility index (Phi) is 4.78. The van der Waals surface area contributed by atoms with Gasteiger partial charge in [-0.3, -0.25) is 4.79 Å². The van der Waals surface area contributed by atoms with E-state index in [0.717, 1.165) is 0 Å². The first kappa shape index (κ1) is 13.3. The maximum atomic E-state index is 11.8. The average Bonchev–Trinajstić information content (AvgIpc) is 2.26. The SMILES string of the molecule is COCC(C)CNC(=O)c1ccc(N)cc1N. The number of rotatable bonds is 5. The molecule has 5 N–H and O–H groups in total. The minimum atomic E-state index is -0.189. The number of amides is 1. The molecule has 5 nitrogen and oxygen atoms in total. The van der Waals surface area contributed by atoms with Gasteiger partial charge in [-0.25, -0.2) is 0 Å². The summed E-state index contributed by atoms with van der Waals surface area (Å²) in [6.07, 6.45) is 0. The zero-order chi connectivity index (χ0) is 12.8. The van der Waals surface area contributed by atoms with Gasteiger partial charge in [-0.1, -0.05) is 6.92 Å². The average molecular weight is 237 g/mol. The first-order valence-corrected chi connectivity index (χ1v) is 5.46. The number of hydrogen-bond acceptors (Lipinski definition) is 4. The van der Waals surface area contributed by atoms with Crippen LogP contribution in [0.25, 0.3) is 0 Å². The molecule has 1 atom stereocenters. The Balaban J connectivity index is 2.58. The second-order valence-corrected chi connectivity index (χ2v) is 4.12. The molecule has 1 rings (SSSR count). The van der Waals surface area contributed by atoms with E-state index in [-0.39, 0.29) is 11.8 Å². The van der Waals surface area contributed by atoms with Crippen molar-refractivity contribution < 1.29 is 9.53 Å². The van der Waals surface area contributed by atoms with Crippen molar-refractivity contribution in [2.45, 2.75) is 6.92 Å². The molecule has 94 valence electrons. The van der Waals surface area contributed by atoms with E-state index >= 15 is 0 Å².